The molecule has 0 radical (unpaired) electrons. The molecule has 1 aromatic carbocycles. The molecule has 2 aromatic rings. The molecule has 176 valence electrons. The lowest BCUT2D eigenvalue weighted by Gasteiger charge is -2.28. The number of carbonyl (C=O) groups excluding carboxylic acids is 1. The van der Waals surface area contributed by atoms with Crippen LogP contribution in [0.15, 0.2) is 45.1 Å². The molecule has 3 rings (SSSR count). The Morgan fingerprint density at radius 2 is 1.94 bits per heavy atom. The highest BCUT2D eigenvalue weighted by Crippen LogP contribution is 2.23. The standard InChI is InChI=1S/C24H35N3O3S2/c1-3-26(15-7-8-17-27-16-6-4-5-9-23(27)28)20(2)19-21-10-12-22(13-11-21)32(29,30)24-25-14-18-31-24/h10-14,18,20H,3-9,15-17,19H2,1-2H3. The van der Waals surface area contributed by atoms with Crippen LogP contribution in [0.2, 0.25) is 0 Å². The third-order valence-corrected chi connectivity index (χ3v) is 9.20. The number of nitrogens with zero attached hydrogens (tertiary/aromatic N) is 3. The van der Waals surface area contributed by atoms with Crippen LogP contribution in [0.3, 0.4) is 0 Å². The third kappa shape index (κ3) is 6.62. The van der Waals surface area contributed by atoms with Crippen molar-refractivity contribution >= 4 is 27.1 Å². The second-order valence-electron chi connectivity index (χ2n) is 8.53. The lowest BCUT2D eigenvalue weighted by atomic mass is 10.1. The summed E-state index contributed by atoms with van der Waals surface area (Å²) in [7, 11) is -3.52. The number of likely N-dealkylation sites (tertiary alicyclic amines) is 1. The van der Waals surface area contributed by atoms with Gasteiger partial charge in [-0.15, -0.1) is 11.3 Å². The van der Waals surface area contributed by atoms with E-state index in [9.17, 15) is 13.2 Å². The maximum Gasteiger partial charge on any atom is 0.233 e. The van der Waals surface area contributed by atoms with E-state index in [0.717, 1.165) is 75.2 Å². The van der Waals surface area contributed by atoms with Gasteiger partial charge in [0, 0.05) is 37.1 Å². The van der Waals surface area contributed by atoms with Gasteiger partial charge in [-0.2, -0.15) is 0 Å². The van der Waals surface area contributed by atoms with Gasteiger partial charge in [0.25, 0.3) is 0 Å². The van der Waals surface area contributed by atoms with Gasteiger partial charge < -0.3 is 9.80 Å². The van der Waals surface area contributed by atoms with Crippen molar-refractivity contribution in [3.05, 3.63) is 41.4 Å². The summed E-state index contributed by atoms with van der Waals surface area (Å²) in [6, 6.07) is 7.56. The molecule has 1 unspecified atom stereocenters. The van der Waals surface area contributed by atoms with Gasteiger partial charge in [-0.3, -0.25) is 4.79 Å². The quantitative estimate of drug-likeness (QED) is 0.448. The molecular formula is C24H35N3O3S2. The fraction of sp³-hybridized carbons (Fsp3) is 0.583. The number of aromatic nitrogens is 1. The number of thiazole rings is 1. The van der Waals surface area contributed by atoms with Crippen LogP contribution in [0.4, 0.5) is 0 Å². The summed E-state index contributed by atoms with van der Waals surface area (Å²) in [4.78, 5) is 20.9. The van der Waals surface area contributed by atoms with Crippen LogP contribution in [-0.4, -0.2) is 61.3 Å². The Morgan fingerprint density at radius 3 is 2.62 bits per heavy atom. The number of carbonyl (C=O) groups is 1. The number of amides is 1. The monoisotopic (exact) mass is 477 g/mol. The van der Waals surface area contributed by atoms with E-state index < -0.39 is 9.84 Å². The van der Waals surface area contributed by atoms with E-state index in [-0.39, 0.29) is 4.34 Å². The summed E-state index contributed by atoms with van der Waals surface area (Å²) in [6.45, 7) is 8.18. The second-order valence-corrected chi connectivity index (χ2v) is 11.5. The van der Waals surface area contributed by atoms with Crippen LogP contribution >= 0.6 is 11.3 Å². The highest BCUT2D eigenvalue weighted by molar-refractivity contribution is 7.93. The molecule has 0 spiro atoms. The van der Waals surface area contributed by atoms with Gasteiger partial charge >= 0.3 is 0 Å². The number of likely N-dealkylation sites (N-methyl/N-ethyl adjacent to an activating group) is 1. The Morgan fingerprint density at radius 1 is 1.16 bits per heavy atom. The van der Waals surface area contributed by atoms with Crippen molar-refractivity contribution in [1.29, 1.82) is 0 Å². The fourth-order valence-corrected chi connectivity index (χ4v) is 6.52. The second kappa shape index (κ2) is 11.9. The number of hydrogen-bond acceptors (Lipinski definition) is 6. The molecule has 1 aliphatic rings. The molecule has 1 fully saturated rings. The number of hydrogen-bond donors (Lipinski definition) is 0. The van der Waals surface area contributed by atoms with E-state index in [0.29, 0.717) is 23.3 Å². The minimum Gasteiger partial charge on any atom is -0.343 e. The van der Waals surface area contributed by atoms with E-state index >= 15 is 0 Å². The van der Waals surface area contributed by atoms with Crippen LogP contribution in [0.5, 0.6) is 0 Å². The SMILES string of the molecule is CCN(CCCCN1CCCCCC1=O)C(C)Cc1ccc(S(=O)(=O)c2nccs2)cc1. The molecular weight excluding hydrogens is 442 g/mol. The topological polar surface area (TPSA) is 70.6 Å². The Bertz CT molecular complexity index is 943. The number of unbranched alkanes of at least 4 members (excludes halogenated alkanes) is 1. The summed E-state index contributed by atoms with van der Waals surface area (Å²) in [5.41, 5.74) is 1.13. The van der Waals surface area contributed by atoms with Crippen LogP contribution in [0.1, 0.15) is 57.9 Å². The van der Waals surface area contributed by atoms with Crippen LogP contribution in [0, 0.1) is 0 Å². The summed E-state index contributed by atoms with van der Waals surface area (Å²) in [6.07, 6.45) is 8.55. The molecule has 0 saturated carbocycles. The van der Waals surface area contributed by atoms with Crippen LogP contribution < -0.4 is 0 Å². The molecule has 1 amide bonds. The molecule has 1 atom stereocenters. The van der Waals surface area contributed by atoms with Crippen molar-refractivity contribution in [2.24, 2.45) is 0 Å². The lowest BCUT2D eigenvalue weighted by Crippen LogP contribution is -2.36. The average Bonchev–Trinajstić information content (AvgIpc) is 3.26. The Balaban J connectivity index is 1.48. The van der Waals surface area contributed by atoms with Crippen molar-refractivity contribution in [3.63, 3.8) is 0 Å². The Kier molecular flexibility index (Phi) is 9.25. The van der Waals surface area contributed by atoms with Gasteiger partial charge in [0.15, 0.2) is 0 Å². The molecule has 1 aromatic heterocycles. The lowest BCUT2D eigenvalue weighted by molar-refractivity contribution is -0.130. The fourth-order valence-electron chi connectivity index (χ4n) is 4.30. The van der Waals surface area contributed by atoms with Crippen molar-refractivity contribution in [2.45, 2.75) is 74.1 Å². The smallest absolute Gasteiger partial charge is 0.233 e. The summed E-state index contributed by atoms with van der Waals surface area (Å²) >= 11 is 1.14. The molecule has 0 aliphatic carbocycles. The molecule has 2 heterocycles. The van der Waals surface area contributed by atoms with Crippen LogP contribution in [0.25, 0.3) is 0 Å². The summed E-state index contributed by atoms with van der Waals surface area (Å²) in [5.74, 6) is 0.323. The minimum atomic E-state index is -3.52. The van der Waals surface area contributed by atoms with Crippen molar-refractivity contribution in [3.8, 4) is 0 Å². The average molecular weight is 478 g/mol. The first-order valence-electron chi connectivity index (χ1n) is 11.7. The number of rotatable bonds is 11. The zero-order chi connectivity index (χ0) is 23.0. The predicted molar refractivity (Wildman–Crippen MR) is 129 cm³/mol. The molecule has 32 heavy (non-hydrogen) atoms. The normalized spacial score (nSPS) is 16.3. The van der Waals surface area contributed by atoms with Gasteiger partial charge in [0.1, 0.15) is 0 Å². The predicted octanol–water partition coefficient (Wildman–Crippen LogP) is 4.41. The van der Waals surface area contributed by atoms with E-state index in [2.05, 4.69) is 23.7 Å². The van der Waals surface area contributed by atoms with Gasteiger partial charge in [-0.25, -0.2) is 13.4 Å². The van der Waals surface area contributed by atoms with Crippen molar-refractivity contribution in [1.82, 2.24) is 14.8 Å². The molecule has 8 heteroatoms. The van der Waals surface area contributed by atoms with Gasteiger partial charge in [0.2, 0.25) is 20.1 Å². The first-order valence-corrected chi connectivity index (χ1v) is 14.0. The Labute approximate surface area is 196 Å². The first kappa shape index (κ1) is 24.9. The molecule has 1 saturated heterocycles. The minimum absolute atomic E-state index is 0.137. The van der Waals surface area contributed by atoms with Crippen molar-refractivity contribution in [2.75, 3.05) is 26.2 Å². The largest absolute Gasteiger partial charge is 0.343 e. The van der Waals surface area contributed by atoms with Crippen LogP contribution in [-0.2, 0) is 21.1 Å². The van der Waals surface area contributed by atoms with Gasteiger partial charge in [0.05, 0.1) is 4.90 Å². The van der Waals surface area contributed by atoms with E-state index in [1.165, 1.54) is 12.6 Å². The molecule has 0 N–H and O–H groups in total. The zero-order valence-electron chi connectivity index (χ0n) is 19.2. The molecule has 6 nitrogen and oxygen atoms in total. The maximum atomic E-state index is 12.6. The van der Waals surface area contributed by atoms with Gasteiger partial charge in [-0.05, 0) is 69.8 Å². The highest BCUT2D eigenvalue weighted by atomic mass is 32.2. The molecule has 1 aliphatic heterocycles. The highest BCUT2D eigenvalue weighted by Gasteiger charge is 2.21. The van der Waals surface area contributed by atoms with E-state index in [1.54, 1.807) is 17.5 Å². The van der Waals surface area contributed by atoms with E-state index in [4.69, 9.17) is 0 Å². The van der Waals surface area contributed by atoms with Gasteiger partial charge in [-0.1, -0.05) is 25.5 Å². The third-order valence-electron chi connectivity index (χ3n) is 6.23. The summed E-state index contributed by atoms with van der Waals surface area (Å²) < 4.78 is 25.3. The van der Waals surface area contributed by atoms with Crippen molar-refractivity contribution < 1.29 is 13.2 Å². The number of benzene rings is 1. The van der Waals surface area contributed by atoms with E-state index in [1.807, 2.05) is 17.0 Å². The molecule has 0 bridgehead atoms. The summed E-state index contributed by atoms with van der Waals surface area (Å²) in [5, 5.41) is 1.67. The zero-order valence-corrected chi connectivity index (χ0v) is 20.8. The first-order chi connectivity index (χ1) is 15.4. The maximum absolute atomic E-state index is 12.6. The number of sulfone groups is 1. The Hall–Kier alpha value is -1.77.